The average molecular weight is 278 g/mol. The predicted octanol–water partition coefficient (Wildman–Crippen LogP) is 0.671. The highest BCUT2D eigenvalue weighted by molar-refractivity contribution is 5.96. The highest BCUT2D eigenvalue weighted by Gasteiger charge is 2.18. The van der Waals surface area contributed by atoms with Gasteiger partial charge in [-0.3, -0.25) is 9.59 Å². The van der Waals surface area contributed by atoms with Crippen molar-refractivity contribution in [3.05, 3.63) is 23.8 Å². The van der Waals surface area contributed by atoms with E-state index in [1.54, 1.807) is 37.2 Å². The van der Waals surface area contributed by atoms with Gasteiger partial charge in [-0.25, -0.2) is 0 Å². The Hall–Kier alpha value is -2.24. The van der Waals surface area contributed by atoms with E-state index >= 15 is 0 Å². The van der Waals surface area contributed by atoms with Crippen LogP contribution in [0.15, 0.2) is 18.2 Å². The third-order valence-electron chi connectivity index (χ3n) is 2.94. The van der Waals surface area contributed by atoms with Gasteiger partial charge in [-0.05, 0) is 32.0 Å². The van der Waals surface area contributed by atoms with E-state index in [2.05, 4.69) is 0 Å². The van der Waals surface area contributed by atoms with Crippen LogP contribution in [0.2, 0.25) is 0 Å². The Labute approximate surface area is 119 Å². The molecule has 0 bridgehead atoms. The zero-order valence-corrected chi connectivity index (χ0v) is 12.4. The second kappa shape index (κ2) is 6.27. The van der Waals surface area contributed by atoms with Gasteiger partial charge < -0.3 is 21.3 Å². The van der Waals surface area contributed by atoms with Gasteiger partial charge in [0.05, 0.1) is 17.9 Å². The molecule has 0 unspecified atom stereocenters. The fourth-order valence-corrected chi connectivity index (χ4v) is 1.90. The minimum Gasteiger partial charge on any atom is -0.397 e. The summed E-state index contributed by atoms with van der Waals surface area (Å²) in [6.45, 7) is 3.92. The molecule has 1 aromatic rings. The van der Waals surface area contributed by atoms with E-state index in [1.165, 1.54) is 4.90 Å². The van der Waals surface area contributed by atoms with Crippen molar-refractivity contribution in [2.45, 2.75) is 19.9 Å². The summed E-state index contributed by atoms with van der Waals surface area (Å²) >= 11 is 0. The smallest absolute Gasteiger partial charge is 0.253 e. The lowest BCUT2D eigenvalue weighted by atomic mass is 10.1. The molecule has 0 spiro atoms. The molecular weight excluding hydrogens is 256 g/mol. The van der Waals surface area contributed by atoms with Gasteiger partial charge in [-0.1, -0.05) is 0 Å². The average Bonchev–Trinajstić information content (AvgIpc) is 2.35. The number of hydrogen-bond acceptors (Lipinski definition) is 4. The van der Waals surface area contributed by atoms with Gasteiger partial charge in [0.2, 0.25) is 5.91 Å². The highest BCUT2D eigenvalue weighted by Crippen LogP contribution is 2.26. The van der Waals surface area contributed by atoms with E-state index < -0.39 is 5.91 Å². The van der Waals surface area contributed by atoms with Gasteiger partial charge in [-0.2, -0.15) is 0 Å². The fraction of sp³-hybridized carbons (Fsp3) is 0.429. The normalized spacial score (nSPS) is 10.4. The molecule has 0 saturated heterocycles. The van der Waals surface area contributed by atoms with Crippen molar-refractivity contribution < 1.29 is 9.59 Å². The molecule has 0 aliphatic carbocycles. The van der Waals surface area contributed by atoms with Crippen LogP contribution in [0.1, 0.15) is 24.2 Å². The largest absolute Gasteiger partial charge is 0.397 e. The second-order valence-corrected chi connectivity index (χ2v) is 5.16. The molecule has 0 aliphatic heterocycles. The minimum absolute atomic E-state index is 0.0366. The molecule has 0 saturated carbocycles. The Balaban J connectivity index is 3.23. The Morgan fingerprint density at radius 2 is 1.85 bits per heavy atom. The van der Waals surface area contributed by atoms with Crippen LogP contribution in [0.3, 0.4) is 0 Å². The monoisotopic (exact) mass is 278 g/mol. The Morgan fingerprint density at radius 3 is 2.30 bits per heavy atom. The molecule has 1 rings (SSSR count). The lowest BCUT2D eigenvalue weighted by molar-refractivity contribution is -0.116. The maximum Gasteiger partial charge on any atom is 0.253 e. The number of carbonyl (C=O) groups excluding carboxylic acids is 2. The van der Waals surface area contributed by atoms with Crippen molar-refractivity contribution in [2.75, 3.05) is 31.3 Å². The Kier molecular flexibility index (Phi) is 4.96. The van der Waals surface area contributed by atoms with Crippen LogP contribution in [0, 0.1) is 0 Å². The molecule has 6 heteroatoms. The maximum atomic E-state index is 12.0. The summed E-state index contributed by atoms with van der Waals surface area (Å²) in [6, 6.07) is 5.07. The van der Waals surface area contributed by atoms with Gasteiger partial charge in [0.15, 0.2) is 0 Å². The molecule has 0 atom stereocenters. The third-order valence-corrected chi connectivity index (χ3v) is 2.94. The highest BCUT2D eigenvalue weighted by atomic mass is 16.2. The first-order valence-corrected chi connectivity index (χ1v) is 6.40. The quantitative estimate of drug-likeness (QED) is 0.774. The number of nitrogens with zero attached hydrogens (tertiary/aromatic N) is 2. The zero-order valence-electron chi connectivity index (χ0n) is 12.4. The Bertz CT molecular complexity index is 512. The number of anilines is 2. The van der Waals surface area contributed by atoms with Crippen molar-refractivity contribution in [2.24, 2.45) is 5.73 Å². The van der Waals surface area contributed by atoms with Gasteiger partial charge in [0.25, 0.3) is 5.91 Å². The minimum atomic E-state index is -0.442. The standard InChI is InChI=1S/C14H22N4O2/c1-9(2)18(8-13(16)19)12-7-10(5-6-11(12)15)14(20)17(3)4/h5-7,9H,8,15H2,1-4H3,(H2,16,19). The van der Waals surface area contributed by atoms with E-state index in [0.29, 0.717) is 16.9 Å². The molecule has 20 heavy (non-hydrogen) atoms. The van der Waals surface area contributed by atoms with Gasteiger partial charge >= 0.3 is 0 Å². The summed E-state index contributed by atoms with van der Waals surface area (Å²) in [5.41, 5.74) is 12.9. The van der Waals surface area contributed by atoms with Crippen molar-refractivity contribution >= 4 is 23.2 Å². The van der Waals surface area contributed by atoms with E-state index in [0.717, 1.165) is 0 Å². The van der Waals surface area contributed by atoms with Crippen molar-refractivity contribution in [1.29, 1.82) is 0 Å². The van der Waals surface area contributed by atoms with Gasteiger partial charge in [0, 0.05) is 25.7 Å². The maximum absolute atomic E-state index is 12.0. The number of nitrogens with two attached hydrogens (primary N) is 2. The second-order valence-electron chi connectivity index (χ2n) is 5.16. The molecule has 4 N–H and O–H groups in total. The summed E-state index contributed by atoms with van der Waals surface area (Å²) in [5, 5.41) is 0. The number of rotatable bonds is 5. The lowest BCUT2D eigenvalue weighted by Gasteiger charge is -2.29. The molecule has 0 aliphatic rings. The van der Waals surface area contributed by atoms with Crippen molar-refractivity contribution in [1.82, 2.24) is 4.90 Å². The van der Waals surface area contributed by atoms with E-state index in [4.69, 9.17) is 11.5 Å². The molecule has 6 nitrogen and oxygen atoms in total. The first kappa shape index (κ1) is 15.8. The molecule has 0 aromatic heterocycles. The van der Waals surface area contributed by atoms with Crippen LogP contribution in [0.5, 0.6) is 0 Å². The van der Waals surface area contributed by atoms with Crippen molar-refractivity contribution in [3.8, 4) is 0 Å². The summed E-state index contributed by atoms with van der Waals surface area (Å²) in [7, 11) is 3.37. The first-order valence-electron chi connectivity index (χ1n) is 6.40. The van der Waals surface area contributed by atoms with Crippen LogP contribution in [-0.2, 0) is 4.79 Å². The molecule has 1 aromatic carbocycles. The molecule has 2 amide bonds. The van der Waals surface area contributed by atoms with E-state index in [-0.39, 0.29) is 18.5 Å². The van der Waals surface area contributed by atoms with Gasteiger partial charge in [0.1, 0.15) is 0 Å². The Morgan fingerprint density at radius 1 is 1.25 bits per heavy atom. The topological polar surface area (TPSA) is 92.7 Å². The molecule has 0 radical (unpaired) electrons. The number of benzene rings is 1. The summed E-state index contributed by atoms with van der Waals surface area (Å²) in [6.07, 6.45) is 0. The van der Waals surface area contributed by atoms with Crippen molar-refractivity contribution in [3.63, 3.8) is 0 Å². The predicted molar refractivity (Wildman–Crippen MR) is 80.5 cm³/mol. The molecule has 0 heterocycles. The number of primary amides is 1. The summed E-state index contributed by atoms with van der Waals surface area (Å²) < 4.78 is 0. The molecule has 0 fully saturated rings. The number of hydrogen-bond donors (Lipinski definition) is 2. The van der Waals surface area contributed by atoms with E-state index in [1.807, 2.05) is 13.8 Å². The molecule has 110 valence electrons. The number of nitrogen functional groups attached to an aromatic ring is 1. The van der Waals surface area contributed by atoms with Crippen LogP contribution < -0.4 is 16.4 Å². The number of amides is 2. The number of carbonyl (C=O) groups is 2. The zero-order chi connectivity index (χ0) is 15.4. The lowest BCUT2D eigenvalue weighted by Crippen LogP contribution is -2.39. The van der Waals surface area contributed by atoms with Gasteiger partial charge in [-0.15, -0.1) is 0 Å². The summed E-state index contributed by atoms with van der Waals surface area (Å²) in [4.78, 5) is 26.5. The van der Waals surface area contributed by atoms with E-state index in [9.17, 15) is 9.59 Å². The summed E-state index contributed by atoms with van der Waals surface area (Å²) in [5.74, 6) is -0.559. The van der Waals surface area contributed by atoms with Crippen LogP contribution in [-0.4, -0.2) is 43.4 Å². The third kappa shape index (κ3) is 3.63. The SMILES string of the molecule is CC(C)N(CC(N)=O)c1cc(C(=O)N(C)C)ccc1N. The molecular formula is C14H22N4O2. The van der Waals surface area contributed by atoms with Crippen LogP contribution in [0.4, 0.5) is 11.4 Å². The fourth-order valence-electron chi connectivity index (χ4n) is 1.90. The van der Waals surface area contributed by atoms with Crippen LogP contribution in [0.25, 0.3) is 0 Å². The van der Waals surface area contributed by atoms with Crippen LogP contribution >= 0.6 is 0 Å². The first-order chi connectivity index (χ1) is 9.23.